The van der Waals surface area contributed by atoms with Gasteiger partial charge in [0.05, 0.1) is 45.3 Å². The number of methoxy groups -OCH3 is 20. The summed E-state index contributed by atoms with van der Waals surface area (Å²) < 4.78 is 222. The number of aromatic hydroxyl groups is 1. The minimum Gasteiger partial charge on any atom is -0.506 e. The zero-order chi connectivity index (χ0) is 74.9. The van der Waals surface area contributed by atoms with Gasteiger partial charge < -0.3 is 171 Å². The van der Waals surface area contributed by atoms with Crippen molar-refractivity contribution in [2.45, 2.75) is 215 Å². The quantitative estimate of drug-likeness (QED) is 0.0971. The fourth-order valence-corrected chi connectivity index (χ4v) is 15.6. The number of phenolic OH excluding ortho intramolecular Hbond substituents is 1. The Hall–Kier alpha value is -2.54. The molecule has 21 aliphatic rings. The zero-order valence-corrected chi connectivity index (χ0v) is 63.3. The van der Waals surface area contributed by atoms with Crippen LogP contribution in [0.5, 0.6) is 5.75 Å². The highest BCUT2D eigenvalue weighted by molar-refractivity contribution is 5.55. The lowest BCUT2D eigenvalue weighted by molar-refractivity contribution is -0.402. The Morgan fingerprint density at radius 2 is 0.413 bits per heavy atom. The molecule has 104 heavy (non-hydrogen) atoms. The molecule has 1 aromatic rings. The van der Waals surface area contributed by atoms with Crippen molar-refractivity contribution in [3.05, 3.63) is 24.3 Å². The Morgan fingerprint density at radius 3 is 0.587 bits per heavy atom. The Balaban J connectivity index is 1.15. The first-order chi connectivity index (χ1) is 50.6. The van der Waals surface area contributed by atoms with Crippen LogP contribution in [0.1, 0.15) is 0 Å². The second-order valence-corrected chi connectivity index (χ2v) is 25.9. The van der Waals surface area contributed by atoms with Crippen molar-refractivity contribution in [1.82, 2.24) is 0 Å². The minimum atomic E-state index is -1.29. The zero-order valence-electron chi connectivity index (χ0n) is 63.3. The first kappa shape index (κ1) is 85.5. The summed E-state index contributed by atoms with van der Waals surface area (Å²) in [5.41, 5.74) is 0.387. The number of nitrogens with one attached hydrogen (secondary N) is 1. The average molecular weight is 1510 g/mol. The minimum absolute atomic E-state index is 0.0266. The maximum atomic E-state index is 11.1. The molecule has 0 spiro atoms. The Bertz CT molecular complexity index is 2570. The predicted octanol–water partition coefficient (Wildman–Crippen LogP) is -0.323. The number of phenols is 1. The molecule has 21 aliphatic heterocycles. The third-order valence-corrected chi connectivity index (χ3v) is 20.4. The monoisotopic (exact) mass is 1510 g/mol. The van der Waals surface area contributed by atoms with E-state index in [4.69, 9.17) is 161 Å². The number of hydrogen-bond donors (Lipinski definition) is 2. The Labute approximate surface area is 608 Å². The lowest BCUT2D eigenvalue weighted by Crippen LogP contribution is -2.69. The normalized spacial score (nSPS) is 44.0. The highest BCUT2D eigenvalue weighted by Crippen LogP contribution is 2.43. The van der Waals surface area contributed by atoms with Crippen LogP contribution in [0.15, 0.2) is 24.3 Å². The number of anilines is 1. The standard InChI is InChI=1S/C68H115NO35/c1-71-26-35-42-49(78-8)57(86-16)64(93-35)101-44-37(28-73-3)95-66(59(88-18)51(44)80-10)103-46-39(30-75-5)97-68(61(90-20)53(46)82-12)104-47-40(31-76-6)96-67(60(89-19)54(47)83-13)102-45-38(29-74-4)94-65(58(87-17)52(45)81-11)100-43-36(27-72-2)92-63(56(85-15)50(43)79-9)98-41-34(25-69-32-23-21-22-24-33(32)70)91-62(99-42)55(84-14)48(41)77-7/h21-24,34-70H,25-31H2,1-20H3/t34-,35-,36-,37-,38-,39-,40-,41-,42-,43-,44-,45-,46-,47-,48+,49+,50+,51+,52+,53+,54+,55-,56-,57-,58-,59-,60-,61-,62-,63-,64-,65-,66-,67-,68-/m1/s1. The molecule has 0 aromatic heterocycles. The number of para-hydroxylation sites is 2. The van der Waals surface area contributed by atoms with Gasteiger partial charge in [-0.25, -0.2) is 0 Å². The molecular weight excluding hydrogens is 1390 g/mol. The number of benzene rings is 1. The summed E-state index contributed by atoms with van der Waals surface area (Å²) in [4.78, 5) is 0. The molecule has 0 unspecified atom stereocenters. The number of hydrogen-bond acceptors (Lipinski definition) is 36. The van der Waals surface area contributed by atoms with Crippen molar-refractivity contribution >= 4 is 5.69 Å². The van der Waals surface area contributed by atoms with Gasteiger partial charge in [0.1, 0.15) is 177 Å². The molecular formula is C68H115NO35. The first-order valence-corrected chi connectivity index (χ1v) is 34.6. The van der Waals surface area contributed by atoms with Gasteiger partial charge in [-0.2, -0.15) is 0 Å². The molecule has 21 heterocycles. The van der Waals surface area contributed by atoms with Crippen LogP contribution in [-0.4, -0.2) is 408 Å². The van der Waals surface area contributed by atoms with Crippen molar-refractivity contribution in [2.75, 3.05) is 194 Å². The van der Waals surface area contributed by atoms with Gasteiger partial charge in [-0.3, -0.25) is 0 Å². The van der Waals surface area contributed by atoms with Gasteiger partial charge in [0.15, 0.2) is 44.0 Å². The Kier molecular flexibility index (Phi) is 34.2. The van der Waals surface area contributed by atoms with E-state index in [0.29, 0.717) is 5.69 Å². The topological polar surface area (TPSA) is 346 Å². The molecule has 1 aromatic carbocycles. The summed E-state index contributed by atoms with van der Waals surface area (Å²) in [7, 11) is 30.1. The van der Waals surface area contributed by atoms with E-state index in [1.54, 1.807) is 24.3 Å². The lowest BCUT2D eigenvalue weighted by atomic mass is 9.94. The molecule has 22 rings (SSSR count). The molecule has 0 radical (unpaired) electrons. The van der Waals surface area contributed by atoms with Crippen molar-refractivity contribution in [3.8, 4) is 5.75 Å². The second kappa shape index (κ2) is 41.7. The van der Waals surface area contributed by atoms with Crippen LogP contribution in [0.25, 0.3) is 0 Å². The SMILES string of the molecule is COC[C@H]1O[C@@H]2O[C@H]3[C@H](OC)[C@@H](OC)[C@@H](O[C@H]4[C@H](OC)[C@@H](OC)[C@@H](O[C@H]5[C@H](OC)[C@@H](OC)[C@@H](O[C@H]6[C@H](OC)[C@@H](OC)[C@@H](O[C@H]7[C@H](OC)[C@@H](OC)[C@@H](O[C@H]8[C@H](OC)[C@@H](OC)[C@@H](O[C@H]1[C@H](OC)[C@H]2OC)O[C@@H]8CNc1ccccc1O)O[C@@H]7COC)O[C@@H]6COC)O[C@@H]5COC)O[C@@H]4COC)O[C@@H]3COC. The van der Waals surface area contributed by atoms with Crippen LogP contribution in [0.2, 0.25) is 0 Å². The van der Waals surface area contributed by atoms with E-state index in [2.05, 4.69) is 5.32 Å². The third kappa shape index (κ3) is 18.6. The van der Waals surface area contributed by atoms with Crippen molar-refractivity contribution < 1.29 is 166 Å². The van der Waals surface area contributed by atoms with E-state index in [-0.39, 0.29) is 51.9 Å². The fourth-order valence-electron chi connectivity index (χ4n) is 15.6. The summed E-state index contributed by atoms with van der Waals surface area (Å²) in [5, 5.41) is 14.4. The van der Waals surface area contributed by atoms with Crippen molar-refractivity contribution in [3.63, 3.8) is 0 Å². The van der Waals surface area contributed by atoms with Gasteiger partial charge in [0.2, 0.25) is 0 Å². The van der Waals surface area contributed by atoms with E-state index in [0.717, 1.165) is 0 Å². The number of ether oxygens (including phenoxy) is 34. The van der Waals surface area contributed by atoms with E-state index >= 15 is 0 Å². The highest BCUT2D eigenvalue weighted by atomic mass is 16.8. The molecule has 14 bridgehead atoms. The van der Waals surface area contributed by atoms with E-state index in [1.165, 1.54) is 142 Å². The molecule has 2 N–H and O–H groups in total. The summed E-state index contributed by atoms with van der Waals surface area (Å²) in [6, 6.07) is 6.74. The predicted molar refractivity (Wildman–Crippen MR) is 354 cm³/mol. The van der Waals surface area contributed by atoms with Gasteiger partial charge in [0, 0.05) is 149 Å². The summed E-state index contributed by atoms with van der Waals surface area (Å²) in [5.74, 6) is -0.0280. The molecule has 21 saturated heterocycles. The molecule has 0 aliphatic carbocycles. The Morgan fingerprint density at radius 1 is 0.240 bits per heavy atom. The van der Waals surface area contributed by atoms with Crippen molar-refractivity contribution in [2.24, 2.45) is 0 Å². The van der Waals surface area contributed by atoms with Gasteiger partial charge in [0.25, 0.3) is 0 Å². The third-order valence-electron chi connectivity index (χ3n) is 20.4. The molecule has 602 valence electrons. The van der Waals surface area contributed by atoms with Crippen LogP contribution < -0.4 is 5.32 Å². The van der Waals surface area contributed by atoms with Gasteiger partial charge in [-0.15, -0.1) is 0 Å². The summed E-state index contributed by atoms with van der Waals surface area (Å²) in [6.45, 7) is -0.371. The van der Waals surface area contributed by atoms with Crippen LogP contribution in [0.3, 0.4) is 0 Å². The van der Waals surface area contributed by atoms with Crippen molar-refractivity contribution in [1.29, 1.82) is 0 Å². The molecule has 0 saturated carbocycles. The maximum Gasteiger partial charge on any atom is 0.187 e. The number of rotatable bonds is 29. The fraction of sp³-hybridized carbons (Fsp3) is 0.912. The summed E-state index contributed by atoms with van der Waals surface area (Å²) in [6.07, 6.45) is -37.1. The molecule has 0 amide bonds. The van der Waals surface area contributed by atoms with Crippen LogP contribution in [-0.2, 0) is 161 Å². The van der Waals surface area contributed by atoms with Gasteiger partial charge in [-0.1, -0.05) is 12.1 Å². The molecule has 36 nitrogen and oxygen atoms in total. The van der Waals surface area contributed by atoms with Gasteiger partial charge in [-0.05, 0) is 12.1 Å². The average Bonchev–Trinajstić information content (AvgIpc) is 0.767. The summed E-state index contributed by atoms with van der Waals surface area (Å²) >= 11 is 0. The maximum absolute atomic E-state index is 11.1. The first-order valence-electron chi connectivity index (χ1n) is 34.6. The van der Waals surface area contributed by atoms with Gasteiger partial charge >= 0.3 is 0 Å². The molecule has 36 heteroatoms. The molecule has 35 atom stereocenters. The molecule has 21 fully saturated rings. The highest BCUT2D eigenvalue weighted by Gasteiger charge is 2.62. The van der Waals surface area contributed by atoms with Crippen LogP contribution >= 0.6 is 0 Å². The largest absolute Gasteiger partial charge is 0.506 e. The smallest absolute Gasteiger partial charge is 0.187 e. The van der Waals surface area contributed by atoms with Crippen LogP contribution in [0.4, 0.5) is 5.69 Å². The van der Waals surface area contributed by atoms with E-state index in [9.17, 15) is 5.11 Å². The van der Waals surface area contributed by atoms with Crippen LogP contribution in [0, 0.1) is 0 Å². The second-order valence-electron chi connectivity index (χ2n) is 25.9. The lowest BCUT2D eigenvalue weighted by Gasteiger charge is -2.52. The van der Waals surface area contributed by atoms with E-state index < -0.39 is 215 Å². The van der Waals surface area contributed by atoms with E-state index in [1.807, 2.05) is 0 Å².